The van der Waals surface area contributed by atoms with E-state index >= 15 is 0 Å². The normalized spacial score (nSPS) is 13.4. The molecule has 1 aliphatic carbocycles. The van der Waals surface area contributed by atoms with Crippen molar-refractivity contribution in [2.24, 2.45) is 0 Å². The summed E-state index contributed by atoms with van der Waals surface area (Å²) in [4.78, 5) is 12.4. The van der Waals surface area contributed by atoms with Crippen LogP contribution in [0.2, 0.25) is 0 Å². The zero-order chi connectivity index (χ0) is 15.1. The molecule has 0 spiro atoms. The Balaban J connectivity index is 2.39. The van der Waals surface area contributed by atoms with Crippen molar-refractivity contribution in [3.05, 3.63) is 52.1 Å². The van der Waals surface area contributed by atoms with Crippen LogP contribution in [0.15, 0.2) is 24.3 Å². The van der Waals surface area contributed by atoms with Gasteiger partial charge in [-0.15, -0.1) is 0 Å². The SMILES string of the molecule is COc1c(C)c(C)cc2c1CCC(=O)c1ccc(C)cc1-2. The molecule has 0 radical (unpaired) electrons. The third kappa shape index (κ3) is 2.15. The fourth-order valence-electron chi connectivity index (χ4n) is 3.20. The second-order valence-electron chi connectivity index (χ2n) is 5.85. The van der Waals surface area contributed by atoms with Crippen LogP contribution in [0.4, 0.5) is 0 Å². The van der Waals surface area contributed by atoms with Crippen LogP contribution in [0.25, 0.3) is 11.1 Å². The number of carbonyl (C=O) groups excluding carboxylic acids is 1. The number of fused-ring (bicyclic) bond motifs is 3. The molecule has 3 rings (SSSR count). The zero-order valence-electron chi connectivity index (χ0n) is 13.0. The number of benzene rings is 2. The summed E-state index contributed by atoms with van der Waals surface area (Å²) >= 11 is 0. The van der Waals surface area contributed by atoms with Gasteiger partial charge >= 0.3 is 0 Å². The van der Waals surface area contributed by atoms with Crippen molar-refractivity contribution < 1.29 is 9.53 Å². The Morgan fingerprint density at radius 2 is 1.71 bits per heavy atom. The molecule has 0 saturated carbocycles. The maximum atomic E-state index is 12.4. The van der Waals surface area contributed by atoms with Gasteiger partial charge in [-0.05, 0) is 49.4 Å². The topological polar surface area (TPSA) is 26.3 Å². The minimum absolute atomic E-state index is 0.221. The average Bonchev–Trinajstić information content (AvgIpc) is 2.59. The lowest BCUT2D eigenvalue weighted by atomic mass is 9.91. The number of Topliss-reactive ketones (excluding diaryl/α,β-unsaturated/α-hetero) is 1. The molecule has 21 heavy (non-hydrogen) atoms. The summed E-state index contributed by atoms with van der Waals surface area (Å²) in [5.41, 5.74) is 7.75. The molecular weight excluding hydrogens is 260 g/mol. The molecule has 0 aliphatic heterocycles. The van der Waals surface area contributed by atoms with Gasteiger partial charge in [0.15, 0.2) is 5.78 Å². The number of rotatable bonds is 1. The van der Waals surface area contributed by atoms with Crippen molar-refractivity contribution in [2.75, 3.05) is 7.11 Å². The molecule has 2 heteroatoms. The van der Waals surface area contributed by atoms with E-state index in [0.29, 0.717) is 6.42 Å². The molecule has 2 aromatic rings. The van der Waals surface area contributed by atoms with E-state index in [1.165, 1.54) is 22.3 Å². The fraction of sp³-hybridized carbons (Fsp3) is 0.316. The van der Waals surface area contributed by atoms with Crippen molar-refractivity contribution in [3.63, 3.8) is 0 Å². The first-order valence-electron chi connectivity index (χ1n) is 7.34. The molecule has 0 bridgehead atoms. The average molecular weight is 280 g/mol. The van der Waals surface area contributed by atoms with E-state index in [4.69, 9.17) is 4.74 Å². The molecule has 108 valence electrons. The first-order chi connectivity index (χ1) is 10.0. The van der Waals surface area contributed by atoms with E-state index in [1.807, 2.05) is 12.1 Å². The molecule has 0 fully saturated rings. The van der Waals surface area contributed by atoms with Crippen LogP contribution in [-0.2, 0) is 6.42 Å². The Kier molecular flexibility index (Phi) is 3.32. The van der Waals surface area contributed by atoms with Gasteiger partial charge in [0, 0.05) is 17.5 Å². The minimum Gasteiger partial charge on any atom is -0.496 e. The van der Waals surface area contributed by atoms with E-state index in [9.17, 15) is 4.79 Å². The highest BCUT2D eigenvalue weighted by Gasteiger charge is 2.24. The van der Waals surface area contributed by atoms with Crippen molar-refractivity contribution in [1.29, 1.82) is 0 Å². The summed E-state index contributed by atoms with van der Waals surface area (Å²) < 4.78 is 5.65. The van der Waals surface area contributed by atoms with Gasteiger partial charge in [0.1, 0.15) is 5.75 Å². The quantitative estimate of drug-likeness (QED) is 0.773. The summed E-state index contributed by atoms with van der Waals surface area (Å²) in [6, 6.07) is 8.29. The predicted molar refractivity (Wildman–Crippen MR) is 85.3 cm³/mol. The van der Waals surface area contributed by atoms with E-state index in [-0.39, 0.29) is 5.78 Å². The molecule has 0 N–H and O–H groups in total. The zero-order valence-corrected chi connectivity index (χ0v) is 13.0. The van der Waals surface area contributed by atoms with Crippen molar-refractivity contribution >= 4 is 5.78 Å². The Bertz CT molecular complexity index is 742. The van der Waals surface area contributed by atoms with Crippen LogP contribution in [0, 0.1) is 20.8 Å². The van der Waals surface area contributed by atoms with Crippen LogP contribution < -0.4 is 4.74 Å². The largest absolute Gasteiger partial charge is 0.496 e. The van der Waals surface area contributed by atoms with Crippen LogP contribution in [-0.4, -0.2) is 12.9 Å². The highest BCUT2D eigenvalue weighted by Crippen LogP contribution is 2.40. The fourth-order valence-corrected chi connectivity index (χ4v) is 3.20. The first-order valence-corrected chi connectivity index (χ1v) is 7.34. The van der Waals surface area contributed by atoms with Crippen LogP contribution in [0.3, 0.4) is 0 Å². The highest BCUT2D eigenvalue weighted by atomic mass is 16.5. The number of ether oxygens (including phenoxy) is 1. The molecule has 2 nitrogen and oxygen atoms in total. The second-order valence-corrected chi connectivity index (χ2v) is 5.85. The molecule has 0 saturated heterocycles. The van der Waals surface area contributed by atoms with Crippen LogP contribution >= 0.6 is 0 Å². The van der Waals surface area contributed by atoms with E-state index in [0.717, 1.165) is 28.9 Å². The molecule has 0 amide bonds. The molecule has 0 heterocycles. The molecule has 0 unspecified atom stereocenters. The van der Waals surface area contributed by atoms with Gasteiger partial charge in [0.05, 0.1) is 7.11 Å². The van der Waals surface area contributed by atoms with Gasteiger partial charge in [0.2, 0.25) is 0 Å². The maximum absolute atomic E-state index is 12.4. The molecule has 0 aromatic heterocycles. The van der Waals surface area contributed by atoms with Gasteiger partial charge in [-0.3, -0.25) is 4.79 Å². The highest BCUT2D eigenvalue weighted by molar-refractivity contribution is 6.04. The van der Waals surface area contributed by atoms with Crippen LogP contribution in [0.1, 0.15) is 39.0 Å². The number of ketones is 1. The number of carbonyl (C=O) groups is 1. The summed E-state index contributed by atoms with van der Waals surface area (Å²) in [5, 5.41) is 0. The summed E-state index contributed by atoms with van der Waals surface area (Å²) in [6.07, 6.45) is 1.29. The number of methoxy groups -OCH3 is 1. The monoisotopic (exact) mass is 280 g/mol. The molecular formula is C19H20O2. The lowest BCUT2D eigenvalue weighted by molar-refractivity contribution is 0.0984. The van der Waals surface area contributed by atoms with Gasteiger partial charge in [-0.2, -0.15) is 0 Å². The van der Waals surface area contributed by atoms with Gasteiger partial charge < -0.3 is 4.74 Å². The summed E-state index contributed by atoms with van der Waals surface area (Å²) in [6.45, 7) is 6.24. The smallest absolute Gasteiger partial charge is 0.163 e. The van der Waals surface area contributed by atoms with E-state index in [1.54, 1.807) is 7.11 Å². The van der Waals surface area contributed by atoms with Crippen molar-refractivity contribution in [3.8, 4) is 16.9 Å². The maximum Gasteiger partial charge on any atom is 0.163 e. The summed E-state index contributed by atoms with van der Waals surface area (Å²) in [5.74, 6) is 1.16. The predicted octanol–water partition coefficient (Wildman–Crippen LogP) is 4.42. The number of hydrogen-bond donors (Lipinski definition) is 0. The summed E-state index contributed by atoms with van der Waals surface area (Å²) in [7, 11) is 1.71. The van der Waals surface area contributed by atoms with Crippen molar-refractivity contribution in [1.82, 2.24) is 0 Å². The van der Waals surface area contributed by atoms with E-state index in [2.05, 4.69) is 32.9 Å². The Labute approximate surface area is 125 Å². The molecule has 0 atom stereocenters. The third-order valence-corrected chi connectivity index (χ3v) is 4.46. The third-order valence-electron chi connectivity index (χ3n) is 4.46. The molecule has 1 aliphatic rings. The standard InChI is InChI=1S/C19H20O2/c1-11-5-6-14-16(9-11)17-10-12(2)13(3)19(21-4)15(17)7-8-18(14)20/h5-6,9-10H,7-8H2,1-4H3. The Morgan fingerprint density at radius 3 is 2.43 bits per heavy atom. The number of hydrogen-bond acceptors (Lipinski definition) is 2. The van der Waals surface area contributed by atoms with E-state index < -0.39 is 0 Å². The van der Waals surface area contributed by atoms with Crippen LogP contribution in [0.5, 0.6) is 5.75 Å². The minimum atomic E-state index is 0.221. The Morgan fingerprint density at radius 1 is 0.952 bits per heavy atom. The lowest BCUT2D eigenvalue weighted by Crippen LogP contribution is -2.00. The lowest BCUT2D eigenvalue weighted by Gasteiger charge is -2.17. The second kappa shape index (κ2) is 5.03. The first kappa shape index (κ1) is 13.9. The number of aryl methyl sites for hydroxylation is 2. The Hall–Kier alpha value is -2.09. The molecule has 2 aromatic carbocycles. The van der Waals surface area contributed by atoms with Crippen molar-refractivity contribution in [2.45, 2.75) is 33.6 Å². The van der Waals surface area contributed by atoms with Gasteiger partial charge in [-0.25, -0.2) is 0 Å². The van der Waals surface area contributed by atoms with Gasteiger partial charge in [-0.1, -0.05) is 29.8 Å². The van der Waals surface area contributed by atoms with Gasteiger partial charge in [0.25, 0.3) is 0 Å².